The van der Waals surface area contributed by atoms with Crippen LogP contribution < -0.4 is 4.74 Å². The van der Waals surface area contributed by atoms with Crippen molar-refractivity contribution in [1.82, 2.24) is 14.1 Å². The molecule has 4 aromatic rings. The molecule has 0 aliphatic rings. The first-order valence-electron chi connectivity index (χ1n) is 14.6. The van der Waals surface area contributed by atoms with E-state index < -0.39 is 21.6 Å². The molecule has 2 aromatic heterocycles. The second-order valence-electron chi connectivity index (χ2n) is 13.7. The fourth-order valence-corrected chi connectivity index (χ4v) is 7.24. The molecule has 0 unspecified atom stereocenters. The zero-order chi connectivity index (χ0) is 30.9. The maximum Gasteiger partial charge on any atom is 0.141 e. The van der Waals surface area contributed by atoms with Gasteiger partial charge in [-0.1, -0.05) is 45.3 Å². The third-order valence-corrected chi connectivity index (χ3v) is 11.8. The van der Waals surface area contributed by atoms with Crippen LogP contribution in [0.1, 0.15) is 23.9 Å². The Hall–Kier alpha value is -2.43. The van der Waals surface area contributed by atoms with Crippen molar-refractivity contribution in [1.29, 1.82) is 5.26 Å². The molecule has 7 nitrogen and oxygen atoms in total. The number of nitrogens with zero attached hydrogens (tertiary/aromatic N) is 4. The fourth-order valence-electron chi connectivity index (χ4n) is 5.29. The van der Waals surface area contributed by atoms with E-state index in [1.807, 2.05) is 37.4 Å². The number of ether oxygens (including phenoxy) is 3. The molecule has 0 radical (unpaired) electrons. The summed E-state index contributed by atoms with van der Waals surface area (Å²) in [6.45, 7) is 20.3. The number of imidazole rings is 1. The minimum atomic E-state index is -1.26. The van der Waals surface area contributed by atoms with Gasteiger partial charge in [-0.25, -0.2) is 4.98 Å². The van der Waals surface area contributed by atoms with Gasteiger partial charge in [-0.3, -0.25) is 0 Å². The Morgan fingerprint density at radius 1 is 1.00 bits per heavy atom. The molecule has 0 aliphatic carbocycles. The van der Waals surface area contributed by atoms with Gasteiger partial charge < -0.3 is 23.3 Å². The number of methoxy groups -OCH3 is 1. The van der Waals surface area contributed by atoms with Crippen LogP contribution in [0.2, 0.25) is 51.4 Å². The lowest BCUT2D eigenvalue weighted by Crippen LogP contribution is -2.28. The van der Waals surface area contributed by atoms with E-state index in [9.17, 15) is 5.26 Å². The van der Waals surface area contributed by atoms with E-state index in [1.165, 1.54) is 0 Å². The third-order valence-electron chi connectivity index (χ3n) is 7.76. The zero-order valence-corrected chi connectivity index (χ0v) is 30.2. The standard InChI is InChI=1S/C32H45BrN4O3Si2/c1-23-19-27(38-3)28(24-13-14-36(30(23)24)21-39-15-17-41(4,5)6)32(2,20-34)31-35-29-25(33)11-10-12-26(29)37(31)22-40-16-18-42(7,8)9/h10-14,19H,15-18,21-22H2,1-9H3/t32-/m1/s1. The summed E-state index contributed by atoms with van der Waals surface area (Å²) < 4.78 is 23.4. The van der Waals surface area contributed by atoms with Crippen LogP contribution in [0.3, 0.4) is 0 Å². The van der Waals surface area contributed by atoms with Crippen molar-refractivity contribution >= 4 is 54.0 Å². The van der Waals surface area contributed by atoms with Crippen LogP contribution in [0.15, 0.2) is 41.0 Å². The average molecular weight is 670 g/mol. The highest BCUT2D eigenvalue weighted by Gasteiger charge is 2.40. The fraction of sp³-hybridized carbons (Fsp3) is 0.500. The number of benzene rings is 2. The lowest BCUT2D eigenvalue weighted by Gasteiger charge is -2.27. The molecule has 0 spiro atoms. The Kier molecular flexibility index (Phi) is 9.80. The van der Waals surface area contributed by atoms with Crippen molar-refractivity contribution in [3.63, 3.8) is 0 Å². The number of para-hydroxylation sites is 1. The second-order valence-corrected chi connectivity index (χ2v) is 25.8. The van der Waals surface area contributed by atoms with Crippen molar-refractivity contribution in [2.75, 3.05) is 20.3 Å². The summed E-state index contributed by atoms with van der Waals surface area (Å²) >= 11 is 3.69. The molecule has 0 saturated heterocycles. The first kappa shape index (κ1) is 32.5. The van der Waals surface area contributed by atoms with E-state index >= 15 is 0 Å². The van der Waals surface area contributed by atoms with E-state index in [0.717, 1.165) is 56.2 Å². The van der Waals surface area contributed by atoms with Gasteiger partial charge in [0.05, 0.1) is 24.2 Å². The van der Waals surface area contributed by atoms with Crippen molar-refractivity contribution in [2.24, 2.45) is 0 Å². The quantitative estimate of drug-likeness (QED) is 0.105. The molecule has 0 amide bonds. The lowest BCUT2D eigenvalue weighted by atomic mass is 9.80. The molecule has 0 aliphatic heterocycles. The highest BCUT2D eigenvalue weighted by Crippen LogP contribution is 2.44. The van der Waals surface area contributed by atoms with E-state index in [2.05, 4.69) is 83.4 Å². The van der Waals surface area contributed by atoms with Gasteiger partial charge in [-0.2, -0.15) is 5.26 Å². The molecule has 1 atom stereocenters. The van der Waals surface area contributed by atoms with Crippen molar-refractivity contribution in [2.45, 2.75) is 84.1 Å². The molecule has 4 rings (SSSR count). The molecule has 226 valence electrons. The number of fused-ring (bicyclic) bond motifs is 2. The average Bonchev–Trinajstić information content (AvgIpc) is 3.51. The highest BCUT2D eigenvalue weighted by atomic mass is 79.9. The van der Waals surface area contributed by atoms with Gasteiger partial charge in [0, 0.05) is 51.0 Å². The summed E-state index contributed by atoms with van der Waals surface area (Å²) in [5.74, 6) is 1.29. The van der Waals surface area contributed by atoms with Crippen LogP contribution in [0.25, 0.3) is 21.9 Å². The Morgan fingerprint density at radius 3 is 2.24 bits per heavy atom. The molecule has 0 fully saturated rings. The van der Waals surface area contributed by atoms with Gasteiger partial charge in [-0.15, -0.1) is 0 Å². The van der Waals surface area contributed by atoms with Gasteiger partial charge in [0.2, 0.25) is 0 Å². The lowest BCUT2D eigenvalue weighted by molar-refractivity contribution is 0.0868. The molecule has 42 heavy (non-hydrogen) atoms. The number of hydrogen-bond acceptors (Lipinski definition) is 5. The maximum absolute atomic E-state index is 11.0. The summed E-state index contributed by atoms with van der Waals surface area (Å²) in [5.41, 5.74) is 3.49. The summed E-state index contributed by atoms with van der Waals surface area (Å²) in [6, 6.07) is 14.9. The predicted molar refractivity (Wildman–Crippen MR) is 181 cm³/mol. The van der Waals surface area contributed by atoms with Crippen LogP contribution in [-0.2, 0) is 28.4 Å². The van der Waals surface area contributed by atoms with Crippen molar-refractivity contribution in [3.05, 3.63) is 58.0 Å². The molecular formula is C32H45BrN4O3Si2. The minimum Gasteiger partial charge on any atom is -0.496 e. The number of nitriles is 1. The normalized spacial score (nSPS) is 13.9. The number of aromatic nitrogens is 3. The Morgan fingerprint density at radius 2 is 1.64 bits per heavy atom. The summed E-state index contributed by atoms with van der Waals surface area (Å²) in [5, 5.41) is 11.9. The number of aryl methyl sites for hydroxylation is 1. The van der Waals surface area contributed by atoms with Gasteiger partial charge in [0.15, 0.2) is 0 Å². The van der Waals surface area contributed by atoms with Crippen LogP contribution >= 0.6 is 15.9 Å². The minimum absolute atomic E-state index is 0.313. The molecule has 10 heteroatoms. The number of hydrogen-bond donors (Lipinski definition) is 0. The summed E-state index contributed by atoms with van der Waals surface area (Å²) in [7, 11) is -0.778. The van der Waals surface area contributed by atoms with Crippen LogP contribution in [0, 0.1) is 18.3 Å². The topological polar surface area (TPSA) is 74.2 Å². The first-order chi connectivity index (χ1) is 19.7. The van der Waals surface area contributed by atoms with Gasteiger partial charge in [0.25, 0.3) is 0 Å². The molecule has 0 bridgehead atoms. The molecular weight excluding hydrogens is 624 g/mol. The van der Waals surface area contributed by atoms with E-state index in [4.69, 9.17) is 19.2 Å². The third kappa shape index (κ3) is 6.86. The van der Waals surface area contributed by atoms with Crippen molar-refractivity contribution in [3.8, 4) is 11.8 Å². The van der Waals surface area contributed by atoms with Gasteiger partial charge >= 0.3 is 0 Å². The van der Waals surface area contributed by atoms with Crippen LogP contribution in [0.5, 0.6) is 5.75 Å². The molecule has 2 aromatic carbocycles. The largest absolute Gasteiger partial charge is 0.496 e. The van der Waals surface area contributed by atoms with E-state index in [0.29, 0.717) is 31.6 Å². The van der Waals surface area contributed by atoms with Gasteiger partial charge in [0.1, 0.15) is 36.0 Å². The summed E-state index contributed by atoms with van der Waals surface area (Å²) in [4.78, 5) is 5.09. The van der Waals surface area contributed by atoms with Crippen molar-refractivity contribution < 1.29 is 14.2 Å². The molecule has 0 N–H and O–H groups in total. The van der Waals surface area contributed by atoms with Crippen LogP contribution in [-0.4, -0.2) is 50.6 Å². The SMILES string of the molecule is COc1cc(C)c2c(ccn2COCC[Si](C)(C)C)c1[C@@](C)(C#N)c1nc2c(Br)cccc2n1COCC[Si](C)(C)C. The molecule has 0 saturated carbocycles. The highest BCUT2D eigenvalue weighted by molar-refractivity contribution is 9.10. The zero-order valence-electron chi connectivity index (χ0n) is 26.6. The summed E-state index contributed by atoms with van der Waals surface area (Å²) in [6.07, 6.45) is 2.05. The van der Waals surface area contributed by atoms with E-state index in [1.54, 1.807) is 7.11 Å². The Labute approximate surface area is 260 Å². The van der Waals surface area contributed by atoms with Gasteiger partial charge in [-0.05, 0) is 71.7 Å². The van der Waals surface area contributed by atoms with E-state index in [-0.39, 0.29) is 0 Å². The second kappa shape index (κ2) is 12.7. The maximum atomic E-state index is 11.0. The number of halogens is 1. The Balaban J connectivity index is 1.84. The first-order valence-corrected chi connectivity index (χ1v) is 22.8. The predicted octanol–water partition coefficient (Wildman–Crippen LogP) is 8.52. The van der Waals surface area contributed by atoms with Crippen LogP contribution in [0.4, 0.5) is 0 Å². The Bertz CT molecular complexity index is 1610. The monoisotopic (exact) mass is 668 g/mol. The molecule has 2 heterocycles. The number of rotatable bonds is 13. The smallest absolute Gasteiger partial charge is 0.141 e.